The van der Waals surface area contributed by atoms with Gasteiger partial charge in [-0.2, -0.15) is 4.37 Å². The molecule has 2 rings (SSSR count). The minimum Gasteiger partial charge on any atom is -0.209 e. The van der Waals surface area contributed by atoms with Crippen molar-refractivity contribution in [2.75, 3.05) is 0 Å². The Morgan fingerprint density at radius 2 is 2.23 bits per heavy atom. The molecule has 0 unspecified atom stereocenters. The molecule has 1 heterocycles. The summed E-state index contributed by atoms with van der Waals surface area (Å²) in [5.41, 5.74) is 1.05. The quantitative estimate of drug-likeness (QED) is 0.721. The first-order valence-corrected chi connectivity index (χ1v) is 6.15. The molecule has 0 saturated carbocycles. The van der Waals surface area contributed by atoms with Gasteiger partial charge in [-0.1, -0.05) is 28.1 Å². The predicted molar refractivity (Wildman–Crippen MR) is 65.8 cm³/mol. The molecule has 0 atom stereocenters. The third-order valence-corrected chi connectivity index (χ3v) is 3.32. The van der Waals surface area contributed by atoms with Crippen LogP contribution in [0.1, 0.15) is 0 Å². The van der Waals surface area contributed by atoms with Gasteiger partial charge in [0.1, 0.15) is 0 Å². The molecule has 2 aromatic rings. The zero-order valence-corrected chi connectivity index (χ0v) is 10.9. The summed E-state index contributed by atoms with van der Waals surface area (Å²) in [4.78, 5) is 4.30. The van der Waals surface area contributed by atoms with Gasteiger partial charge in [0.15, 0.2) is 8.84 Å². The van der Waals surface area contributed by atoms with Crippen molar-refractivity contribution in [3.63, 3.8) is 0 Å². The van der Waals surface area contributed by atoms with Crippen molar-refractivity contribution < 1.29 is 0 Å². The van der Waals surface area contributed by atoms with E-state index in [4.69, 9.17) is 0 Å². The number of aromatic nitrogens is 2. The van der Waals surface area contributed by atoms with Crippen LogP contribution in [-0.2, 0) is 0 Å². The Morgan fingerprint density at radius 3 is 2.85 bits per heavy atom. The normalized spacial score (nSPS) is 10.3. The Balaban J connectivity index is 2.46. The molecule has 0 N–H and O–H groups in total. The lowest BCUT2D eigenvalue weighted by Gasteiger charge is -1.94. The van der Waals surface area contributed by atoms with E-state index in [0.29, 0.717) is 0 Å². The van der Waals surface area contributed by atoms with E-state index in [1.807, 2.05) is 24.3 Å². The largest absolute Gasteiger partial charge is 0.209 e. The van der Waals surface area contributed by atoms with Gasteiger partial charge in [-0.3, -0.25) is 0 Å². The third kappa shape index (κ3) is 2.26. The molecule has 13 heavy (non-hydrogen) atoms. The summed E-state index contributed by atoms with van der Waals surface area (Å²) in [7, 11) is 0. The van der Waals surface area contributed by atoms with Gasteiger partial charge >= 0.3 is 0 Å². The molecule has 0 aliphatic heterocycles. The number of hydrogen-bond acceptors (Lipinski definition) is 3. The maximum atomic E-state index is 4.30. The molecule has 5 heteroatoms. The molecular weight excluding hydrogens is 363 g/mol. The molecular formula is C8H4BrIN2S. The Bertz CT molecular complexity index is 430. The van der Waals surface area contributed by atoms with Crippen molar-refractivity contribution in [1.82, 2.24) is 9.36 Å². The van der Waals surface area contributed by atoms with Gasteiger partial charge in [-0.05, 0) is 46.3 Å². The smallest absolute Gasteiger partial charge is 0.174 e. The minimum absolute atomic E-state index is 0.802. The zero-order chi connectivity index (χ0) is 9.26. The number of nitrogens with zero attached hydrogens (tertiary/aromatic N) is 2. The van der Waals surface area contributed by atoms with Gasteiger partial charge in [-0.25, -0.2) is 4.98 Å². The van der Waals surface area contributed by atoms with Gasteiger partial charge in [0.05, 0.1) is 0 Å². The zero-order valence-electron chi connectivity index (χ0n) is 6.37. The first-order valence-electron chi connectivity index (χ1n) is 3.51. The van der Waals surface area contributed by atoms with E-state index < -0.39 is 0 Å². The summed E-state index contributed by atoms with van der Waals surface area (Å²) in [5, 5.41) is 0. The van der Waals surface area contributed by atoms with Gasteiger partial charge in [0.25, 0.3) is 0 Å². The fraction of sp³-hybridized carbons (Fsp3) is 0. The average molecular weight is 367 g/mol. The first kappa shape index (κ1) is 9.54. The lowest BCUT2D eigenvalue weighted by Crippen LogP contribution is -1.79. The van der Waals surface area contributed by atoms with Crippen LogP contribution in [0.2, 0.25) is 0 Å². The second-order valence-corrected chi connectivity index (χ2v) is 5.80. The summed E-state index contributed by atoms with van der Waals surface area (Å²) in [6.45, 7) is 0. The highest BCUT2D eigenvalue weighted by atomic mass is 127. The van der Waals surface area contributed by atoms with Gasteiger partial charge in [0.2, 0.25) is 0 Å². The maximum Gasteiger partial charge on any atom is 0.174 e. The van der Waals surface area contributed by atoms with Gasteiger partial charge in [0, 0.05) is 10.0 Å². The van der Waals surface area contributed by atoms with E-state index in [-0.39, 0.29) is 0 Å². The molecule has 0 saturated heterocycles. The molecule has 1 aromatic carbocycles. The molecule has 66 valence electrons. The molecule has 2 nitrogen and oxygen atoms in total. The molecule has 0 spiro atoms. The fourth-order valence-electron chi connectivity index (χ4n) is 0.950. The second-order valence-electron chi connectivity index (χ2n) is 2.38. The van der Waals surface area contributed by atoms with E-state index in [1.54, 1.807) is 0 Å². The van der Waals surface area contributed by atoms with Crippen LogP contribution in [-0.4, -0.2) is 9.36 Å². The van der Waals surface area contributed by atoms with Crippen LogP contribution in [0.15, 0.2) is 28.7 Å². The highest BCUT2D eigenvalue weighted by Crippen LogP contribution is 2.22. The molecule has 0 amide bonds. The van der Waals surface area contributed by atoms with E-state index in [0.717, 1.165) is 18.9 Å². The van der Waals surface area contributed by atoms with Crippen LogP contribution in [0.3, 0.4) is 0 Å². The van der Waals surface area contributed by atoms with Crippen LogP contribution < -0.4 is 0 Å². The number of halogens is 2. The van der Waals surface area contributed by atoms with Gasteiger partial charge < -0.3 is 0 Å². The van der Waals surface area contributed by atoms with E-state index >= 15 is 0 Å². The second kappa shape index (κ2) is 4.02. The topological polar surface area (TPSA) is 25.8 Å². The van der Waals surface area contributed by atoms with Crippen molar-refractivity contribution in [3.8, 4) is 11.4 Å². The van der Waals surface area contributed by atoms with Crippen molar-refractivity contribution in [2.24, 2.45) is 0 Å². The molecule has 0 aliphatic carbocycles. The van der Waals surface area contributed by atoms with Crippen molar-refractivity contribution in [3.05, 3.63) is 31.8 Å². The molecule has 0 bridgehead atoms. The average Bonchev–Trinajstić information content (AvgIpc) is 2.52. The minimum atomic E-state index is 0.802. The molecule has 0 radical (unpaired) electrons. The van der Waals surface area contributed by atoms with Crippen molar-refractivity contribution in [2.45, 2.75) is 0 Å². The molecule has 0 fully saturated rings. The van der Waals surface area contributed by atoms with Crippen LogP contribution in [0.25, 0.3) is 11.4 Å². The Morgan fingerprint density at radius 1 is 1.38 bits per heavy atom. The van der Waals surface area contributed by atoms with Crippen LogP contribution in [0.5, 0.6) is 0 Å². The SMILES string of the molecule is Brc1cccc(-c2nsc(I)n2)c1. The number of rotatable bonds is 1. The van der Waals surface area contributed by atoms with Crippen LogP contribution in [0.4, 0.5) is 0 Å². The summed E-state index contributed by atoms with van der Waals surface area (Å²) < 4.78 is 6.25. The lowest BCUT2D eigenvalue weighted by atomic mass is 10.2. The van der Waals surface area contributed by atoms with Crippen molar-refractivity contribution >= 4 is 50.1 Å². The summed E-state index contributed by atoms with van der Waals surface area (Å²) in [6.07, 6.45) is 0. The highest BCUT2D eigenvalue weighted by molar-refractivity contribution is 14.1. The maximum absolute atomic E-state index is 4.30. The molecule has 0 aliphatic rings. The van der Waals surface area contributed by atoms with Crippen LogP contribution in [0, 0.1) is 3.01 Å². The predicted octanol–water partition coefficient (Wildman–Crippen LogP) is 3.57. The lowest BCUT2D eigenvalue weighted by molar-refractivity contribution is 1.30. The Hall–Kier alpha value is -0.0100. The summed E-state index contributed by atoms with van der Waals surface area (Å²) >= 11 is 7.00. The first-order chi connectivity index (χ1) is 6.25. The Labute approximate surface area is 102 Å². The standard InChI is InChI=1S/C8H4BrIN2S/c9-6-3-1-2-5(4-6)7-11-8(10)13-12-7/h1-4H. The summed E-state index contributed by atoms with van der Waals surface area (Å²) in [6, 6.07) is 7.98. The van der Waals surface area contributed by atoms with E-state index in [1.165, 1.54) is 11.5 Å². The Kier molecular flexibility index (Phi) is 2.95. The number of benzene rings is 1. The van der Waals surface area contributed by atoms with Crippen molar-refractivity contribution in [1.29, 1.82) is 0 Å². The third-order valence-electron chi connectivity index (χ3n) is 1.48. The highest BCUT2D eigenvalue weighted by Gasteiger charge is 2.03. The van der Waals surface area contributed by atoms with Gasteiger partial charge in [-0.15, -0.1) is 0 Å². The van der Waals surface area contributed by atoms with E-state index in [9.17, 15) is 0 Å². The van der Waals surface area contributed by atoms with E-state index in [2.05, 4.69) is 47.9 Å². The summed E-state index contributed by atoms with van der Waals surface area (Å²) in [5.74, 6) is 0.802. The van der Waals surface area contributed by atoms with Crippen LogP contribution >= 0.6 is 50.1 Å². The monoisotopic (exact) mass is 366 g/mol. The molecule has 1 aromatic heterocycles. The fourth-order valence-corrected chi connectivity index (χ4v) is 2.31. The number of hydrogen-bond donors (Lipinski definition) is 0.